The zero-order chi connectivity index (χ0) is 19.3. The summed E-state index contributed by atoms with van der Waals surface area (Å²) in [5.74, 6) is 0.192. The van der Waals surface area contributed by atoms with E-state index in [1.165, 1.54) is 24.2 Å². The number of thioether (sulfide) groups is 1. The Morgan fingerprint density at radius 3 is 2.93 bits per heavy atom. The lowest BCUT2D eigenvalue weighted by Crippen LogP contribution is -2.20. The van der Waals surface area contributed by atoms with Crippen molar-refractivity contribution in [2.24, 2.45) is 0 Å². The number of halogens is 3. The van der Waals surface area contributed by atoms with Crippen LogP contribution in [0.2, 0.25) is 0 Å². The Morgan fingerprint density at radius 2 is 2.19 bits per heavy atom. The van der Waals surface area contributed by atoms with Gasteiger partial charge in [0.1, 0.15) is 19.0 Å². The molecule has 0 bridgehead atoms. The summed E-state index contributed by atoms with van der Waals surface area (Å²) in [5, 5.41) is 0. The third-order valence-corrected chi connectivity index (χ3v) is 5.24. The molecule has 1 unspecified atom stereocenters. The maximum atomic E-state index is 12.6. The molecule has 0 radical (unpaired) electrons. The van der Waals surface area contributed by atoms with Gasteiger partial charge in [-0.15, -0.1) is 11.8 Å². The van der Waals surface area contributed by atoms with Crippen LogP contribution in [0.15, 0.2) is 41.6 Å². The van der Waals surface area contributed by atoms with Gasteiger partial charge in [0.2, 0.25) is 0 Å². The van der Waals surface area contributed by atoms with Gasteiger partial charge in [-0.3, -0.25) is 0 Å². The highest BCUT2D eigenvalue weighted by atomic mass is 32.2. The fourth-order valence-corrected chi connectivity index (χ4v) is 3.85. The highest BCUT2D eigenvalue weighted by Crippen LogP contribution is 2.27. The van der Waals surface area contributed by atoms with Crippen molar-refractivity contribution in [2.45, 2.75) is 43.2 Å². The fraction of sp³-hybridized carbons (Fsp3) is 0.444. The van der Waals surface area contributed by atoms with Gasteiger partial charge in [-0.25, -0.2) is 9.78 Å². The van der Waals surface area contributed by atoms with Gasteiger partial charge in [-0.05, 0) is 25.0 Å². The first-order valence-electron chi connectivity index (χ1n) is 8.50. The molecule has 27 heavy (non-hydrogen) atoms. The van der Waals surface area contributed by atoms with Crippen LogP contribution in [0.1, 0.15) is 29.0 Å². The smallest absolute Gasteiger partial charge is 0.406 e. The first-order chi connectivity index (χ1) is 12.9. The topological polar surface area (TPSA) is 53.3 Å². The van der Waals surface area contributed by atoms with Crippen LogP contribution in [0.5, 0.6) is 0 Å². The molecule has 0 spiro atoms. The van der Waals surface area contributed by atoms with Crippen molar-refractivity contribution in [1.29, 1.82) is 0 Å². The molecular weight excluding hydrogens is 381 g/mol. The van der Waals surface area contributed by atoms with E-state index in [1.807, 2.05) is 12.1 Å². The van der Waals surface area contributed by atoms with Gasteiger partial charge in [-0.2, -0.15) is 13.2 Å². The summed E-state index contributed by atoms with van der Waals surface area (Å²) < 4.78 is 49.4. The van der Waals surface area contributed by atoms with Gasteiger partial charge >= 0.3 is 12.1 Å². The summed E-state index contributed by atoms with van der Waals surface area (Å²) in [7, 11) is 0. The van der Waals surface area contributed by atoms with E-state index in [2.05, 4.69) is 4.98 Å². The summed E-state index contributed by atoms with van der Waals surface area (Å²) in [6, 6.07) is 7.01. The molecule has 1 atom stereocenters. The molecule has 0 amide bonds. The zero-order valence-electron chi connectivity index (χ0n) is 14.4. The average molecular weight is 400 g/mol. The summed E-state index contributed by atoms with van der Waals surface area (Å²) in [5.41, 5.74) is 0.384. The van der Waals surface area contributed by atoms with Crippen LogP contribution in [-0.4, -0.2) is 40.2 Å². The third-order valence-electron chi connectivity index (χ3n) is 4.04. The Balaban J connectivity index is 1.61. The van der Waals surface area contributed by atoms with E-state index in [-0.39, 0.29) is 18.5 Å². The number of nitrogens with zero attached hydrogens (tertiary/aromatic N) is 2. The van der Waals surface area contributed by atoms with E-state index in [9.17, 15) is 18.0 Å². The molecule has 1 aliphatic heterocycles. The molecule has 3 rings (SSSR count). The Bertz CT molecular complexity index is 773. The third kappa shape index (κ3) is 5.74. The predicted octanol–water partition coefficient (Wildman–Crippen LogP) is 4.07. The minimum absolute atomic E-state index is 0.0464. The van der Waals surface area contributed by atoms with Crippen molar-refractivity contribution in [3.63, 3.8) is 0 Å². The Morgan fingerprint density at radius 1 is 1.37 bits per heavy atom. The normalized spacial score (nSPS) is 17.2. The molecule has 2 aromatic rings. The largest absolute Gasteiger partial charge is 0.454 e. The lowest BCUT2D eigenvalue weighted by molar-refractivity contribution is -0.141. The summed E-state index contributed by atoms with van der Waals surface area (Å²) in [6.07, 6.45) is 0.308. The summed E-state index contributed by atoms with van der Waals surface area (Å²) >= 11 is 1.51. The van der Waals surface area contributed by atoms with Crippen LogP contribution in [0.3, 0.4) is 0 Å². The van der Waals surface area contributed by atoms with Gasteiger partial charge in [0, 0.05) is 29.6 Å². The standard InChI is InChI=1S/C18H19F3N2O3S/c19-18(20,21)12-23-8-7-22-16(23)10-26-17(24)14-5-1-2-6-15(14)27-11-13-4-3-9-25-13/h1-2,5-8,13H,3-4,9-12H2. The van der Waals surface area contributed by atoms with E-state index in [0.717, 1.165) is 34.7 Å². The van der Waals surface area contributed by atoms with Crippen molar-refractivity contribution < 1.29 is 27.4 Å². The van der Waals surface area contributed by atoms with Crippen LogP contribution in [0.25, 0.3) is 0 Å². The van der Waals surface area contributed by atoms with E-state index < -0.39 is 18.7 Å². The van der Waals surface area contributed by atoms with E-state index in [4.69, 9.17) is 9.47 Å². The molecule has 9 heteroatoms. The summed E-state index contributed by atoms with van der Waals surface area (Å²) in [6.45, 7) is -0.736. The molecule has 0 saturated carbocycles. The van der Waals surface area contributed by atoms with Crippen LogP contribution < -0.4 is 0 Å². The second-order valence-corrected chi connectivity index (χ2v) is 7.17. The number of imidazole rings is 1. The van der Waals surface area contributed by atoms with E-state index in [0.29, 0.717) is 5.56 Å². The molecule has 0 N–H and O–H groups in total. The van der Waals surface area contributed by atoms with Crippen LogP contribution >= 0.6 is 11.8 Å². The van der Waals surface area contributed by atoms with Gasteiger partial charge in [-0.1, -0.05) is 12.1 Å². The number of aromatic nitrogens is 2. The van der Waals surface area contributed by atoms with Crippen LogP contribution in [-0.2, 0) is 22.6 Å². The van der Waals surface area contributed by atoms with Crippen LogP contribution in [0, 0.1) is 0 Å². The summed E-state index contributed by atoms with van der Waals surface area (Å²) in [4.78, 5) is 17.0. The quantitative estimate of drug-likeness (QED) is 0.518. The number of esters is 1. The lowest BCUT2D eigenvalue weighted by Gasteiger charge is -2.13. The number of ether oxygens (including phenoxy) is 2. The number of alkyl halides is 3. The minimum Gasteiger partial charge on any atom is -0.454 e. The fourth-order valence-electron chi connectivity index (χ4n) is 2.74. The van der Waals surface area contributed by atoms with Crippen molar-refractivity contribution in [2.75, 3.05) is 12.4 Å². The zero-order valence-corrected chi connectivity index (χ0v) is 15.3. The molecule has 2 heterocycles. The number of hydrogen-bond acceptors (Lipinski definition) is 5. The van der Waals surface area contributed by atoms with Crippen molar-refractivity contribution in [3.05, 3.63) is 48.0 Å². The molecule has 1 fully saturated rings. The average Bonchev–Trinajstić information content (AvgIpc) is 3.28. The monoisotopic (exact) mass is 400 g/mol. The first-order valence-corrected chi connectivity index (χ1v) is 9.48. The number of carbonyl (C=O) groups is 1. The highest BCUT2D eigenvalue weighted by molar-refractivity contribution is 7.99. The highest BCUT2D eigenvalue weighted by Gasteiger charge is 2.29. The SMILES string of the molecule is O=C(OCc1nccn1CC(F)(F)F)c1ccccc1SCC1CCCO1. The van der Waals surface area contributed by atoms with E-state index >= 15 is 0 Å². The predicted molar refractivity (Wildman–Crippen MR) is 93.5 cm³/mol. The first kappa shape index (κ1) is 19.8. The van der Waals surface area contributed by atoms with Crippen LogP contribution in [0.4, 0.5) is 13.2 Å². The van der Waals surface area contributed by atoms with Crippen molar-refractivity contribution in [1.82, 2.24) is 9.55 Å². The number of benzene rings is 1. The number of rotatable bonds is 7. The Hall–Kier alpha value is -2.00. The molecule has 0 aliphatic carbocycles. The van der Waals surface area contributed by atoms with Crippen molar-refractivity contribution >= 4 is 17.7 Å². The van der Waals surface area contributed by atoms with Gasteiger partial charge in [0.05, 0.1) is 11.7 Å². The molecule has 1 aromatic carbocycles. The number of carbonyl (C=O) groups excluding carboxylic acids is 1. The van der Waals surface area contributed by atoms with Gasteiger partial charge in [0.15, 0.2) is 0 Å². The lowest BCUT2D eigenvalue weighted by atomic mass is 10.2. The number of hydrogen-bond donors (Lipinski definition) is 0. The molecule has 1 saturated heterocycles. The maximum Gasteiger partial charge on any atom is 0.406 e. The van der Waals surface area contributed by atoms with Gasteiger partial charge < -0.3 is 14.0 Å². The second kappa shape index (κ2) is 8.79. The molecule has 146 valence electrons. The van der Waals surface area contributed by atoms with Gasteiger partial charge in [0.25, 0.3) is 0 Å². The Kier molecular flexibility index (Phi) is 6.43. The van der Waals surface area contributed by atoms with E-state index in [1.54, 1.807) is 12.1 Å². The maximum absolute atomic E-state index is 12.6. The minimum atomic E-state index is -4.37. The Labute approximate surface area is 158 Å². The molecular formula is C18H19F3N2O3S. The molecule has 5 nitrogen and oxygen atoms in total. The van der Waals surface area contributed by atoms with Crippen molar-refractivity contribution in [3.8, 4) is 0 Å². The molecule has 1 aromatic heterocycles. The molecule has 1 aliphatic rings. The second-order valence-electron chi connectivity index (χ2n) is 6.10.